The summed E-state index contributed by atoms with van der Waals surface area (Å²) in [6, 6.07) is 59.9. The zero-order chi connectivity index (χ0) is 31.5. The molecule has 2 heteroatoms. The minimum atomic E-state index is -0.0528. The van der Waals surface area contributed by atoms with Crippen LogP contribution in [0.25, 0.3) is 53.6 Å². The van der Waals surface area contributed by atoms with Gasteiger partial charge in [-0.15, -0.1) is 11.3 Å². The molecule has 0 bridgehead atoms. The molecular weight excluding hydrogens is 587 g/mol. The lowest BCUT2D eigenvalue weighted by Gasteiger charge is -2.28. The third-order valence-corrected chi connectivity index (χ3v) is 11.1. The van der Waals surface area contributed by atoms with Gasteiger partial charge in [0.15, 0.2) is 0 Å². The Morgan fingerprint density at radius 1 is 0.426 bits per heavy atom. The van der Waals surface area contributed by atoms with Crippen molar-refractivity contribution in [2.45, 2.75) is 19.3 Å². The van der Waals surface area contributed by atoms with Crippen molar-refractivity contribution in [2.24, 2.45) is 0 Å². The third kappa shape index (κ3) is 4.52. The molecule has 1 nitrogen and oxygen atoms in total. The Morgan fingerprint density at radius 3 is 1.81 bits per heavy atom. The van der Waals surface area contributed by atoms with Crippen LogP contribution in [0.4, 0.5) is 17.1 Å². The normalized spacial score (nSPS) is 13.1. The zero-order valence-electron chi connectivity index (χ0n) is 26.4. The fourth-order valence-corrected chi connectivity index (χ4v) is 8.71. The van der Waals surface area contributed by atoms with E-state index in [9.17, 15) is 0 Å². The highest BCUT2D eigenvalue weighted by Crippen LogP contribution is 2.50. The Hall–Kier alpha value is -5.44. The Balaban J connectivity index is 1.06. The molecule has 0 saturated heterocycles. The van der Waals surface area contributed by atoms with Crippen LogP contribution >= 0.6 is 11.3 Å². The summed E-state index contributed by atoms with van der Waals surface area (Å²) < 4.78 is 2.69. The van der Waals surface area contributed by atoms with Crippen molar-refractivity contribution >= 4 is 48.6 Å². The lowest BCUT2D eigenvalue weighted by Crippen LogP contribution is -2.16. The summed E-state index contributed by atoms with van der Waals surface area (Å²) in [5.41, 5.74) is 13.8. The van der Waals surface area contributed by atoms with Gasteiger partial charge in [0.1, 0.15) is 0 Å². The molecule has 8 aromatic rings. The van der Waals surface area contributed by atoms with Crippen molar-refractivity contribution in [2.75, 3.05) is 4.90 Å². The van der Waals surface area contributed by atoms with Crippen LogP contribution in [0.1, 0.15) is 25.0 Å². The maximum absolute atomic E-state index is 2.39. The molecule has 224 valence electrons. The lowest BCUT2D eigenvalue weighted by molar-refractivity contribution is 0.660. The monoisotopic (exact) mass is 619 g/mol. The first-order valence-corrected chi connectivity index (χ1v) is 17.1. The second-order valence-electron chi connectivity index (χ2n) is 13.0. The van der Waals surface area contributed by atoms with Crippen molar-refractivity contribution in [3.63, 3.8) is 0 Å². The summed E-state index contributed by atoms with van der Waals surface area (Å²) in [7, 11) is 0. The van der Waals surface area contributed by atoms with Gasteiger partial charge < -0.3 is 4.90 Å². The highest BCUT2D eigenvalue weighted by atomic mass is 32.1. The molecule has 0 spiro atoms. The molecule has 0 N–H and O–H groups in total. The van der Waals surface area contributed by atoms with Gasteiger partial charge in [-0.05, 0) is 87.0 Å². The number of hydrogen-bond donors (Lipinski definition) is 0. The predicted octanol–water partition coefficient (Wildman–Crippen LogP) is 13.2. The largest absolute Gasteiger partial charge is 0.310 e. The van der Waals surface area contributed by atoms with Gasteiger partial charge in [0.25, 0.3) is 0 Å². The van der Waals surface area contributed by atoms with Crippen molar-refractivity contribution in [3.05, 3.63) is 175 Å². The molecule has 0 amide bonds. The molecule has 0 saturated carbocycles. The molecule has 7 aromatic carbocycles. The van der Waals surface area contributed by atoms with E-state index in [-0.39, 0.29) is 5.41 Å². The van der Waals surface area contributed by atoms with E-state index in [0.29, 0.717) is 0 Å². The molecule has 1 heterocycles. The van der Waals surface area contributed by atoms with Crippen LogP contribution in [-0.2, 0) is 5.41 Å². The van der Waals surface area contributed by atoms with E-state index in [0.717, 1.165) is 11.4 Å². The average molecular weight is 620 g/mol. The van der Waals surface area contributed by atoms with Gasteiger partial charge in [0.2, 0.25) is 0 Å². The quantitative estimate of drug-likeness (QED) is 0.185. The first-order chi connectivity index (χ1) is 23.1. The topological polar surface area (TPSA) is 3.24 Å². The molecule has 1 aliphatic rings. The maximum atomic E-state index is 2.39. The average Bonchev–Trinajstić information content (AvgIpc) is 3.62. The minimum Gasteiger partial charge on any atom is -0.310 e. The highest BCUT2D eigenvalue weighted by Gasteiger charge is 2.35. The number of nitrogens with zero attached hydrogens (tertiary/aromatic N) is 1. The fourth-order valence-electron chi connectivity index (χ4n) is 7.48. The molecule has 1 aliphatic carbocycles. The van der Waals surface area contributed by atoms with Crippen LogP contribution in [0.5, 0.6) is 0 Å². The third-order valence-electron chi connectivity index (χ3n) is 9.90. The van der Waals surface area contributed by atoms with Gasteiger partial charge in [-0.1, -0.05) is 135 Å². The van der Waals surface area contributed by atoms with E-state index in [2.05, 4.69) is 183 Å². The fraction of sp³-hybridized carbons (Fsp3) is 0.0667. The molecule has 47 heavy (non-hydrogen) atoms. The standard InChI is InChI=1S/C45H33NS/c1-45(2)41-17-8-6-13-37(41)38-28-27-35(29-42(38)45)46(33-11-4-3-5-12-33)34-25-23-31(24-26-34)30-19-21-32(22-20-30)36-15-10-16-40-39-14-7-9-18-43(39)47-44(36)40/h3-29H,1-2H3. The van der Waals surface area contributed by atoms with E-state index in [1.807, 2.05) is 11.3 Å². The van der Waals surface area contributed by atoms with Crippen LogP contribution in [-0.4, -0.2) is 0 Å². The maximum Gasteiger partial charge on any atom is 0.0465 e. The lowest BCUT2D eigenvalue weighted by atomic mass is 9.82. The van der Waals surface area contributed by atoms with Crippen LogP contribution in [0.2, 0.25) is 0 Å². The van der Waals surface area contributed by atoms with E-state index >= 15 is 0 Å². The van der Waals surface area contributed by atoms with Crippen LogP contribution in [0, 0.1) is 0 Å². The van der Waals surface area contributed by atoms with Gasteiger partial charge in [-0.2, -0.15) is 0 Å². The Morgan fingerprint density at radius 2 is 1.00 bits per heavy atom. The van der Waals surface area contributed by atoms with E-state index in [4.69, 9.17) is 0 Å². The number of fused-ring (bicyclic) bond motifs is 6. The van der Waals surface area contributed by atoms with Crippen LogP contribution < -0.4 is 4.90 Å². The molecule has 0 fully saturated rings. The zero-order valence-corrected chi connectivity index (χ0v) is 27.3. The first kappa shape index (κ1) is 27.8. The number of anilines is 3. The van der Waals surface area contributed by atoms with Gasteiger partial charge in [-0.3, -0.25) is 0 Å². The number of rotatable bonds is 5. The molecule has 1 aromatic heterocycles. The summed E-state index contributed by atoms with van der Waals surface area (Å²) in [4.78, 5) is 2.37. The van der Waals surface area contributed by atoms with Crippen molar-refractivity contribution in [1.82, 2.24) is 0 Å². The van der Waals surface area contributed by atoms with Gasteiger partial charge >= 0.3 is 0 Å². The summed E-state index contributed by atoms with van der Waals surface area (Å²) in [5, 5.41) is 2.67. The number of thiophene rings is 1. The number of para-hydroxylation sites is 1. The Kier molecular flexibility index (Phi) is 6.41. The van der Waals surface area contributed by atoms with Gasteiger partial charge in [0, 0.05) is 42.6 Å². The summed E-state index contributed by atoms with van der Waals surface area (Å²) in [6.07, 6.45) is 0. The molecule has 0 aliphatic heterocycles. The highest BCUT2D eigenvalue weighted by molar-refractivity contribution is 7.26. The van der Waals surface area contributed by atoms with Crippen molar-refractivity contribution in [1.29, 1.82) is 0 Å². The molecule has 9 rings (SSSR count). The van der Waals surface area contributed by atoms with Gasteiger partial charge in [0.05, 0.1) is 0 Å². The minimum absolute atomic E-state index is 0.0528. The predicted molar refractivity (Wildman–Crippen MR) is 202 cm³/mol. The Labute approximate surface area is 280 Å². The molecular formula is C45H33NS. The van der Waals surface area contributed by atoms with E-state index < -0.39 is 0 Å². The first-order valence-electron chi connectivity index (χ1n) is 16.3. The molecule has 0 atom stereocenters. The smallest absolute Gasteiger partial charge is 0.0465 e. The summed E-state index contributed by atoms with van der Waals surface area (Å²) >= 11 is 1.88. The van der Waals surface area contributed by atoms with E-state index in [1.54, 1.807) is 0 Å². The van der Waals surface area contributed by atoms with E-state index in [1.165, 1.54) is 70.4 Å². The summed E-state index contributed by atoms with van der Waals surface area (Å²) in [5.74, 6) is 0. The van der Waals surface area contributed by atoms with Crippen molar-refractivity contribution in [3.8, 4) is 33.4 Å². The SMILES string of the molecule is CC1(C)c2ccccc2-c2ccc(N(c3ccccc3)c3ccc(-c4ccc(-c5cccc6c5sc5ccccc56)cc4)cc3)cc21. The Bertz CT molecular complexity index is 2410. The van der Waals surface area contributed by atoms with Crippen LogP contribution in [0.3, 0.4) is 0 Å². The van der Waals surface area contributed by atoms with Gasteiger partial charge in [-0.25, -0.2) is 0 Å². The number of benzene rings is 7. The number of hydrogen-bond acceptors (Lipinski definition) is 2. The second kappa shape index (κ2) is 10.8. The second-order valence-corrected chi connectivity index (χ2v) is 14.0. The summed E-state index contributed by atoms with van der Waals surface area (Å²) in [6.45, 7) is 4.69. The molecule has 0 radical (unpaired) electrons. The van der Waals surface area contributed by atoms with Crippen molar-refractivity contribution < 1.29 is 0 Å². The van der Waals surface area contributed by atoms with Crippen LogP contribution in [0.15, 0.2) is 164 Å². The molecule has 0 unspecified atom stereocenters.